The number of aromatic nitrogens is 2. The lowest BCUT2D eigenvalue weighted by Crippen LogP contribution is -2.28. The number of fused-ring (bicyclic) bond motifs is 1. The summed E-state index contributed by atoms with van der Waals surface area (Å²) in [7, 11) is 0. The van der Waals surface area contributed by atoms with Crippen LogP contribution in [0.5, 0.6) is 0 Å². The van der Waals surface area contributed by atoms with E-state index >= 15 is 0 Å². The summed E-state index contributed by atoms with van der Waals surface area (Å²) in [4.78, 5) is 24.6. The van der Waals surface area contributed by atoms with E-state index in [9.17, 15) is 4.79 Å². The molecule has 2 aliphatic heterocycles. The Kier molecular flexibility index (Phi) is 4.02. The van der Waals surface area contributed by atoms with Crippen molar-refractivity contribution in [3.05, 3.63) is 17.7 Å². The molecule has 4 rings (SSSR count). The van der Waals surface area contributed by atoms with Crippen LogP contribution in [0.3, 0.4) is 0 Å². The van der Waals surface area contributed by atoms with Gasteiger partial charge in [0.2, 0.25) is 5.95 Å². The first-order valence-electron chi connectivity index (χ1n) is 8.76. The summed E-state index contributed by atoms with van der Waals surface area (Å²) in [6.07, 6.45) is 3.47. The van der Waals surface area contributed by atoms with Gasteiger partial charge in [0.05, 0.1) is 11.1 Å². The minimum atomic E-state index is -0.420. The quantitative estimate of drug-likeness (QED) is 0.784. The van der Waals surface area contributed by atoms with Gasteiger partial charge in [-0.3, -0.25) is 4.79 Å². The second kappa shape index (κ2) is 6.32. The Bertz CT molecular complexity index is 741. The molecule has 7 heteroatoms. The number of nitrogens with one attached hydrogen (secondary N) is 2. The molecule has 0 atom stereocenters. The minimum Gasteiger partial charge on any atom is -0.371 e. The zero-order chi connectivity index (χ0) is 16.5. The van der Waals surface area contributed by atoms with Crippen molar-refractivity contribution in [1.82, 2.24) is 15.3 Å². The number of anilines is 2. The summed E-state index contributed by atoms with van der Waals surface area (Å²) in [5, 5.41) is 3.39. The fraction of sp³-hybridized carbons (Fsp3) is 0.529. The van der Waals surface area contributed by atoms with Crippen LogP contribution in [0.1, 0.15) is 29.6 Å². The SMILES string of the molecule is NC(=O)c1cc(N2CCCC2)cc2[nH]c(N3CCCNCC3)nc12. The van der Waals surface area contributed by atoms with Gasteiger partial charge in [-0.2, -0.15) is 0 Å². The predicted molar refractivity (Wildman–Crippen MR) is 95.8 cm³/mol. The summed E-state index contributed by atoms with van der Waals surface area (Å²) in [6.45, 7) is 5.90. The summed E-state index contributed by atoms with van der Waals surface area (Å²) >= 11 is 0. The fourth-order valence-electron chi connectivity index (χ4n) is 3.64. The normalized spacial score (nSPS) is 19.0. The highest BCUT2D eigenvalue weighted by Gasteiger charge is 2.20. The van der Waals surface area contributed by atoms with Gasteiger partial charge in [0.25, 0.3) is 5.91 Å². The lowest BCUT2D eigenvalue weighted by molar-refractivity contribution is 0.100. The van der Waals surface area contributed by atoms with E-state index in [1.807, 2.05) is 6.07 Å². The Morgan fingerprint density at radius 2 is 1.83 bits per heavy atom. The third-order valence-corrected chi connectivity index (χ3v) is 4.94. The first-order chi connectivity index (χ1) is 11.7. The zero-order valence-corrected chi connectivity index (χ0v) is 13.8. The lowest BCUT2D eigenvalue weighted by Gasteiger charge is -2.18. The maximum atomic E-state index is 11.9. The van der Waals surface area contributed by atoms with Gasteiger partial charge in [0.15, 0.2) is 0 Å². The third kappa shape index (κ3) is 2.80. The molecule has 1 aromatic carbocycles. The standard InChI is InChI=1S/C17H24N6O/c18-16(24)13-10-12(22-6-1-2-7-22)11-14-15(13)21-17(20-14)23-8-3-4-19-5-9-23/h10-11,19H,1-9H2,(H2,18,24)(H,20,21). The number of nitrogens with two attached hydrogens (primary N) is 1. The molecule has 24 heavy (non-hydrogen) atoms. The lowest BCUT2D eigenvalue weighted by atomic mass is 10.1. The molecule has 0 saturated carbocycles. The molecular formula is C17H24N6O. The maximum Gasteiger partial charge on any atom is 0.251 e. The van der Waals surface area contributed by atoms with Crippen molar-refractivity contribution in [2.75, 3.05) is 49.1 Å². The molecule has 0 bridgehead atoms. The highest BCUT2D eigenvalue weighted by molar-refractivity contribution is 6.06. The maximum absolute atomic E-state index is 11.9. The number of carbonyl (C=O) groups excluding carboxylic acids is 1. The van der Waals surface area contributed by atoms with Crippen LogP contribution in [-0.2, 0) is 0 Å². The number of hydrogen-bond acceptors (Lipinski definition) is 5. The first kappa shape index (κ1) is 15.3. The number of imidazole rings is 1. The number of primary amides is 1. The van der Waals surface area contributed by atoms with Gasteiger partial charge in [-0.05, 0) is 37.9 Å². The van der Waals surface area contributed by atoms with E-state index in [-0.39, 0.29) is 0 Å². The van der Waals surface area contributed by atoms with Crippen LogP contribution in [0.2, 0.25) is 0 Å². The Hall–Kier alpha value is -2.28. The van der Waals surface area contributed by atoms with Crippen LogP contribution >= 0.6 is 0 Å². The summed E-state index contributed by atoms with van der Waals surface area (Å²) in [5.74, 6) is 0.409. The molecule has 1 aromatic heterocycles. The number of amides is 1. The first-order valence-corrected chi connectivity index (χ1v) is 8.76. The van der Waals surface area contributed by atoms with Gasteiger partial charge in [-0.15, -0.1) is 0 Å². The van der Waals surface area contributed by atoms with Gasteiger partial charge in [0.1, 0.15) is 5.52 Å². The molecule has 0 aliphatic carbocycles. The molecule has 7 nitrogen and oxygen atoms in total. The highest BCUT2D eigenvalue weighted by atomic mass is 16.1. The molecule has 0 radical (unpaired) electrons. The molecule has 2 aromatic rings. The molecule has 0 spiro atoms. The van der Waals surface area contributed by atoms with Crippen LogP contribution < -0.4 is 20.9 Å². The second-order valence-corrected chi connectivity index (χ2v) is 6.60. The number of H-pyrrole nitrogens is 1. The molecule has 4 N–H and O–H groups in total. The topological polar surface area (TPSA) is 90.3 Å². The Labute approximate surface area is 141 Å². The smallest absolute Gasteiger partial charge is 0.251 e. The molecule has 3 heterocycles. The van der Waals surface area contributed by atoms with E-state index in [0.29, 0.717) is 11.1 Å². The molecule has 2 aliphatic rings. The van der Waals surface area contributed by atoms with E-state index < -0.39 is 5.91 Å². The van der Waals surface area contributed by atoms with Crippen LogP contribution in [0.15, 0.2) is 12.1 Å². The van der Waals surface area contributed by atoms with E-state index in [1.54, 1.807) is 0 Å². The van der Waals surface area contributed by atoms with E-state index in [1.165, 1.54) is 12.8 Å². The summed E-state index contributed by atoms with van der Waals surface area (Å²) < 4.78 is 0. The molecule has 128 valence electrons. The summed E-state index contributed by atoms with van der Waals surface area (Å²) in [5.41, 5.74) is 8.75. The molecule has 1 amide bonds. The van der Waals surface area contributed by atoms with Gasteiger partial charge in [-0.25, -0.2) is 4.98 Å². The average Bonchev–Trinajstić information content (AvgIpc) is 3.17. The van der Waals surface area contributed by atoms with Crippen molar-refractivity contribution in [2.24, 2.45) is 5.73 Å². The van der Waals surface area contributed by atoms with Gasteiger partial charge in [0, 0.05) is 38.4 Å². The van der Waals surface area contributed by atoms with Crippen LogP contribution in [0, 0.1) is 0 Å². The zero-order valence-electron chi connectivity index (χ0n) is 13.8. The van der Waals surface area contributed by atoms with Crippen molar-refractivity contribution in [3.63, 3.8) is 0 Å². The highest BCUT2D eigenvalue weighted by Crippen LogP contribution is 2.29. The van der Waals surface area contributed by atoms with Crippen LogP contribution in [-0.4, -0.2) is 55.1 Å². The van der Waals surface area contributed by atoms with E-state index in [0.717, 1.165) is 62.8 Å². The van der Waals surface area contributed by atoms with Crippen molar-refractivity contribution >= 4 is 28.6 Å². The fourth-order valence-corrected chi connectivity index (χ4v) is 3.64. The van der Waals surface area contributed by atoms with E-state index in [2.05, 4.69) is 26.2 Å². The summed E-state index contributed by atoms with van der Waals surface area (Å²) in [6, 6.07) is 3.99. The van der Waals surface area contributed by atoms with Crippen LogP contribution in [0.25, 0.3) is 11.0 Å². The molecule has 0 unspecified atom stereocenters. The molecular weight excluding hydrogens is 304 g/mol. The van der Waals surface area contributed by atoms with Crippen molar-refractivity contribution < 1.29 is 4.79 Å². The predicted octanol–water partition coefficient (Wildman–Crippen LogP) is 1.06. The number of rotatable bonds is 3. The largest absolute Gasteiger partial charge is 0.371 e. The number of carbonyl (C=O) groups is 1. The minimum absolute atomic E-state index is 0.420. The number of nitrogens with zero attached hydrogens (tertiary/aromatic N) is 3. The average molecular weight is 328 g/mol. The number of aromatic amines is 1. The monoisotopic (exact) mass is 328 g/mol. The van der Waals surface area contributed by atoms with Gasteiger partial charge >= 0.3 is 0 Å². The van der Waals surface area contributed by atoms with Crippen LogP contribution in [0.4, 0.5) is 11.6 Å². The Morgan fingerprint density at radius 3 is 2.62 bits per heavy atom. The van der Waals surface area contributed by atoms with Crippen molar-refractivity contribution in [1.29, 1.82) is 0 Å². The van der Waals surface area contributed by atoms with Crippen molar-refractivity contribution in [3.8, 4) is 0 Å². The van der Waals surface area contributed by atoms with Gasteiger partial charge in [-0.1, -0.05) is 0 Å². The second-order valence-electron chi connectivity index (χ2n) is 6.60. The molecule has 2 saturated heterocycles. The number of hydrogen-bond donors (Lipinski definition) is 3. The van der Waals surface area contributed by atoms with Crippen molar-refractivity contribution in [2.45, 2.75) is 19.3 Å². The Balaban J connectivity index is 1.76. The Morgan fingerprint density at radius 1 is 1.04 bits per heavy atom. The van der Waals surface area contributed by atoms with Gasteiger partial charge < -0.3 is 25.8 Å². The third-order valence-electron chi connectivity index (χ3n) is 4.94. The molecule has 2 fully saturated rings. The van der Waals surface area contributed by atoms with E-state index in [4.69, 9.17) is 10.7 Å². The number of benzene rings is 1.